The predicted molar refractivity (Wildman–Crippen MR) is 79.5 cm³/mol. The highest BCUT2D eigenvalue weighted by Gasteiger charge is 2.30. The van der Waals surface area contributed by atoms with Crippen molar-refractivity contribution in [3.05, 3.63) is 36.0 Å². The van der Waals surface area contributed by atoms with Crippen LogP contribution in [0, 0.1) is 0 Å². The van der Waals surface area contributed by atoms with Crippen molar-refractivity contribution in [1.82, 2.24) is 15.2 Å². The molecule has 0 atom stereocenters. The van der Waals surface area contributed by atoms with Crippen LogP contribution in [0.3, 0.4) is 0 Å². The Morgan fingerprint density at radius 1 is 1.26 bits per heavy atom. The summed E-state index contributed by atoms with van der Waals surface area (Å²) in [7, 11) is 1.61. The van der Waals surface area contributed by atoms with Gasteiger partial charge in [-0.05, 0) is 24.6 Å². The van der Waals surface area contributed by atoms with E-state index in [1.165, 1.54) is 18.3 Å². The van der Waals surface area contributed by atoms with E-state index in [1.54, 1.807) is 7.11 Å². The second-order valence-electron chi connectivity index (χ2n) is 4.64. The summed E-state index contributed by atoms with van der Waals surface area (Å²) >= 11 is 0. The Morgan fingerprint density at radius 3 is 2.83 bits per heavy atom. The van der Waals surface area contributed by atoms with Crippen molar-refractivity contribution >= 4 is 17.5 Å². The molecule has 1 aromatic carbocycles. The van der Waals surface area contributed by atoms with Crippen LogP contribution in [0.2, 0.25) is 0 Å². The van der Waals surface area contributed by atoms with Gasteiger partial charge in [-0.15, -0.1) is 5.10 Å². The highest BCUT2D eigenvalue weighted by Crippen LogP contribution is 2.31. The van der Waals surface area contributed by atoms with Gasteiger partial charge in [-0.25, -0.2) is 0 Å². The van der Waals surface area contributed by atoms with Crippen molar-refractivity contribution in [1.29, 1.82) is 0 Å². The van der Waals surface area contributed by atoms with E-state index >= 15 is 0 Å². The second-order valence-corrected chi connectivity index (χ2v) is 4.64. The monoisotopic (exact) mass is 327 g/mol. The lowest BCUT2D eigenvalue weighted by Crippen LogP contribution is -2.09. The van der Waals surface area contributed by atoms with Crippen LogP contribution in [-0.2, 0) is 10.9 Å². The molecule has 1 heterocycles. The van der Waals surface area contributed by atoms with Crippen LogP contribution in [-0.4, -0.2) is 35.4 Å². The Bertz CT molecular complexity index is 636. The number of rotatable bonds is 7. The summed E-state index contributed by atoms with van der Waals surface area (Å²) in [5.41, 5.74) is -0.465. The lowest BCUT2D eigenvalue weighted by molar-refractivity contribution is -0.137. The smallest absolute Gasteiger partial charge is 0.385 e. The van der Waals surface area contributed by atoms with E-state index in [-0.39, 0.29) is 11.6 Å². The van der Waals surface area contributed by atoms with Crippen LogP contribution >= 0.6 is 0 Å². The second kappa shape index (κ2) is 7.73. The number of alkyl halides is 3. The molecule has 1 aromatic heterocycles. The summed E-state index contributed by atoms with van der Waals surface area (Å²) in [6.07, 6.45) is -2.29. The number of halogens is 3. The number of methoxy groups -OCH3 is 1. The number of benzene rings is 1. The summed E-state index contributed by atoms with van der Waals surface area (Å²) in [5, 5.41) is 13.3. The molecular formula is C14H16F3N5O. The predicted octanol–water partition coefficient (Wildman–Crippen LogP) is 3.08. The van der Waals surface area contributed by atoms with Gasteiger partial charge in [0, 0.05) is 25.9 Å². The summed E-state index contributed by atoms with van der Waals surface area (Å²) in [6, 6.07) is 4.85. The molecular weight excluding hydrogens is 311 g/mol. The fraction of sp³-hybridized carbons (Fsp3) is 0.357. The third-order valence-electron chi connectivity index (χ3n) is 2.83. The van der Waals surface area contributed by atoms with Crippen molar-refractivity contribution in [2.45, 2.75) is 12.6 Å². The first-order chi connectivity index (χ1) is 11.0. The Hall–Kier alpha value is -2.42. The Morgan fingerprint density at radius 2 is 2.09 bits per heavy atom. The van der Waals surface area contributed by atoms with Crippen LogP contribution in [0.15, 0.2) is 30.5 Å². The molecule has 0 amide bonds. The molecule has 2 rings (SSSR count). The largest absolute Gasteiger partial charge is 0.416 e. The van der Waals surface area contributed by atoms with Crippen LogP contribution in [0.4, 0.5) is 30.6 Å². The number of hydrogen-bond acceptors (Lipinski definition) is 6. The van der Waals surface area contributed by atoms with Crippen LogP contribution in [0.5, 0.6) is 0 Å². The van der Waals surface area contributed by atoms with E-state index in [0.717, 1.165) is 18.6 Å². The van der Waals surface area contributed by atoms with Gasteiger partial charge in [-0.2, -0.15) is 23.3 Å². The van der Waals surface area contributed by atoms with Crippen molar-refractivity contribution < 1.29 is 17.9 Å². The zero-order chi connectivity index (χ0) is 16.7. The summed E-state index contributed by atoms with van der Waals surface area (Å²) in [6.45, 7) is 1.20. The minimum atomic E-state index is -4.39. The molecule has 0 spiro atoms. The minimum absolute atomic E-state index is 0.269. The van der Waals surface area contributed by atoms with E-state index in [4.69, 9.17) is 4.74 Å². The first-order valence-corrected chi connectivity index (χ1v) is 6.86. The molecule has 124 valence electrons. The van der Waals surface area contributed by atoms with E-state index in [0.29, 0.717) is 19.0 Å². The number of nitrogens with one attached hydrogen (secondary N) is 2. The van der Waals surface area contributed by atoms with Gasteiger partial charge >= 0.3 is 6.18 Å². The molecule has 0 unspecified atom stereocenters. The molecule has 0 fully saturated rings. The molecule has 0 bridgehead atoms. The zero-order valence-corrected chi connectivity index (χ0v) is 12.4. The Kier molecular flexibility index (Phi) is 5.69. The lowest BCUT2D eigenvalue weighted by atomic mass is 10.2. The summed E-state index contributed by atoms with van der Waals surface area (Å²) in [5.74, 6) is 0.589. The average molecular weight is 327 g/mol. The maximum atomic E-state index is 12.7. The van der Waals surface area contributed by atoms with Gasteiger partial charge in [0.05, 0.1) is 11.8 Å². The molecule has 2 N–H and O–H groups in total. The molecule has 23 heavy (non-hydrogen) atoms. The van der Waals surface area contributed by atoms with Crippen LogP contribution in [0.25, 0.3) is 0 Å². The minimum Gasteiger partial charge on any atom is -0.385 e. The van der Waals surface area contributed by atoms with Gasteiger partial charge in [-0.3, -0.25) is 0 Å². The maximum Gasteiger partial charge on any atom is 0.416 e. The normalized spacial score (nSPS) is 11.3. The zero-order valence-electron chi connectivity index (χ0n) is 12.4. The molecule has 2 aromatic rings. The number of ether oxygens (including phenoxy) is 1. The van der Waals surface area contributed by atoms with Crippen molar-refractivity contribution in [3.8, 4) is 0 Å². The molecule has 0 radical (unpaired) electrons. The standard InChI is InChI=1S/C14H16F3N5O/c1-23-7-3-6-18-13-21-12(9-19-22-13)20-11-5-2-4-10(8-11)14(15,16)17/h2,4-5,8-9H,3,6-7H2,1H3,(H2,18,20,21,22). The SMILES string of the molecule is COCCCNc1nncc(Nc2cccc(C(F)(F)F)c2)n1. The first kappa shape index (κ1) is 16.9. The van der Waals surface area contributed by atoms with Gasteiger partial charge in [0.15, 0.2) is 5.82 Å². The van der Waals surface area contributed by atoms with Crippen molar-refractivity contribution in [2.75, 3.05) is 30.9 Å². The summed E-state index contributed by atoms with van der Waals surface area (Å²) in [4.78, 5) is 4.14. The molecule has 0 aliphatic carbocycles. The van der Waals surface area contributed by atoms with E-state index in [1.807, 2.05) is 0 Å². The van der Waals surface area contributed by atoms with Crippen molar-refractivity contribution in [2.24, 2.45) is 0 Å². The molecule has 9 heteroatoms. The third kappa shape index (κ3) is 5.37. The topological polar surface area (TPSA) is 72.0 Å². The number of aromatic nitrogens is 3. The maximum absolute atomic E-state index is 12.7. The highest BCUT2D eigenvalue weighted by atomic mass is 19.4. The molecule has 6 nitrogen and oxygen atoms in total. The highest BCUT2D eigenvalue weighted by molar-refractivity contribution is 5.57. The Balaban J connectivity index is 2.03. The van der Waals surface area contributed by atoms with Gasteiger partial charge in [0.2, 0.25) is 5.95 Å². The molecule has 0 aliphatic rings. The van der Waals surface area contributed by atoms with Gasteiger partial charge in [0.1, 0.15) is 0 Å². The lowest BCUT2D eigenvalue weighted by Gasteiger charge is -2.10. The summed E-state index contributed by atoms with van der Waals surface area (Å²) < 4.78 is 43.0. The van der Waals surface area contributed by atoms with Gasteiger partial charge in [-0.1, -0.05) is 6.07 Å². The van der Waals surface area contributed by atoms with Crippen molar-refractivity contribution in [3.63, 3.8) is 0 Å². The van der Waals surface area contributed by atoms with Gasteiger partial charge < -0.3 is 15.4 Å². The van der Waals surface area contributed by atoms with E-state index < -0.39 is 11.7 Å². The Labute approximate surface area is 131 Å². The van der Waals surface area contributed by atoms with Crippen LogP contribution < -0.4 is 10.6 Å². The quantitative estimate of drug-likeness (QED) is 0.762. The average Bonchev–Trinajstić information content (AvgIpc) is 2.51. The fourth-order valence-corrected chi connectivity index (χ4v) is 1.78. The van der Waals surface area contributed by atoms with Crippen LogP contribution in [0.1, 0.15) is 12.0 Å². The third-order valence-corrected chi connectivity index (χ3v) is 2.83. The molecule has 0 saturated heterocycles. The number of nitrogens with zero attached hydrogens (tertiary/aromatic N) is 3. The van der Waals surface area contributed by atoms with E-state index in [2.05, 4.69) is 25.8 Å². The first-order valence-electron chi connectivity index (χ1n) is 6.86. The molecule has 0 saturated carbocycles. The van der Waals surface area contributed by atoms with E-state index in [9.17, 15) is 13.2 Å². The molecule has 0 aliphatic heterocycles. The fourth-order valence-electron chi connectivity index (χ4n) is 1.78. The van der Waals surface area contributed by atoms with Gasteiger partial charge in [0.25, 0.3) is 0 Å². The number of hydrogen-bond donors (Lipinski definition) is 2. The number of anilines is 3.